The van der Waals surface area contributed by atoms with Crippen LogP contribution in [0.15, 0.2) is 23.1 Å². The van der Waals surface area contributed by atoms with Crippen molar-refractivity contribution in [1.82, 2.24) is 5.32 Å². The summed E-state index contributed by atoms with van der Waals surface area (Å²) < 4.78 is 10.4. The van der Waals surface area contributed by atoms with Crippen LogP contribution in [0.25, 0.3) is 0 Å². The number of rotatable bonds is 5. The van der Waals surface area contributed by atoms with Crippen LogP contribution >= 0.6 is 11.8 Å². The zero-order valence-electron chi connectivity index (χ0n) is 10.4. The lowest BCUT2D eigenvalue weighted by Gasteiger charge is -2.12. The van der Waals surface area contributed by atoms with E-state index in [-0.39, 0.29) is 11.2 Å². The van der Waals surface area contributed by atoms with Crippen molar-refractivity contribution in [2.75, 3.05) is 21.3 Å². The van der Waals surface area contributed by atoms with Crippen molar-refractivity contribution >= 4 is 17.7 Å². The zero-order valence-corrected chi connectivity index (χ0v) is 11.3. The van der Waals surface area contributed by atoms with E-state index in [1.807, 2.05) is 25.1 Å². The summed E-state index contributed by atoms with van der Waals surface area (Å²) in [4.78, 5) is 12.4. The Morgan fingerprint density at radius 3 is 2.47 bits per heavy atom. The third-order valence-corrected chi connectivity index (χ3v) is 3.38. The van der Waals surface area contributed by atoms with E-state index in [2.05, 4.69) is 5.32 Å². The minimum atomic E-state index is -0.141. The number of carbonyl (C=O) groups excluding carboxylic acids is 1. The lowest BCUT2D eigenvalue weighted by molar-refractivity contribution is -0.119. The van der Waals surface area contributed by atoms with E-state index in [0.717, 1.165) is 4.90 Å². The Bertz CT molecular complexity index is 395. The van der Waals surface area contributed by atoms with E-state index < -0.39 is 0 Å². The SMILES string of the molecule is CNC(=O)[C@H](C)Sc1ccc(OC)c(OC)c1. The summed E-state index contributed by atoms with van der Waals surface area (Å²) in [5.41, 5.74) is 0. The maximum atomic E-state index is 11.4. The fourth-order valence-corrected chi connectivity index (χ4v) is 2.31. The summed E-state index contributed by atoms with van der Waals surface area (Å²) in [5, 5.41) is 2.48. The molecule has 0 spiro atoms. The van der Waals surface area contributed by atoms with Crippen molar-refractivity contribution in [3.8, 4) is 11.5 Å². The average molecular weight is 255 g/mol. The number of nitrogens with one attached hydrogen (secondary N) is 1. The van der Waals surface area contributed by atoms with Crippen LogP contribution in [-0.2, 0) is 4.79 Å². The molecule has 0 aliphatic heterocycles. The van der Waals surface area contributed by atoms with E-state index >= 15 is 0 Å². The molecular weight excluding hydrogens is 238 g/mol. The van der Waals surface area contributed by atoms with Crippen molar-refractivity contribution < 1.29 is 14.3 Å². The number of methoxy groups -OCH3 is 2. The van der Waals surface area contributed by atoms with E-state index in [9.17, 15) is 4.79 Å². The minimum Gasteiger partial charge on any atom is -0.493 e. The van der Waals surface area contributed by atoms with Crippen molar-refractivity contribution in [3.63, 3.8) is 0 Å². The molecule has 0 heterocycles. The molecular formula is C12H17NO3S. The second kappa shape index (κ2) is 6.39. The number of ether oxygens (including phenoxy) is 2. The van der Waals surface area contributed by atoms with Gasteiger partial charge in [-0.1, -0.05) is 0 Å². The second-order valence-corrected chi connectivity index (χ2v) is 4.81. The first-order valence-corrected chi connectivity index (χ1v) is 6.10. The van der Waals surface area contributed by atoms with Gasteiger partial charge in [-0.05, 0) is 25.1 Å². The van der Waals surface area contributed by atoms with Gasteiger partial charge < -0.3 is 14.8 Å². The smallest absolute Gasteiger partial charge is 0.232 e. The average Bonchev–Trinajstić information content (AvgIpc) is 2.37. The van der Waals surface area contributed by atoms with Crippen molar-refractivity contribution in [2.24, 2.45) is 0 Å². The summed E-state index contributed by atoms with van der Waals surface area (Å²) in [6, 6.07) is 5.60. The standard InChI is InChI=1S/C12H17NO3S/c1-8(12(14)13-2)17-9-5-6-10(15-3)11(7-9)16-4/h5-8H,1-4H3,(H,13,14)/t8-/m0/s1. The normalized spacial score (nSPS) is 11.8. The Kier molecular flexibility index (Phi) is 5.15. The van der Waals surface area contributed by atoms with Gasteiger partial charge in [-0.15, -0.1) is 11.8 Å². The summed E-state index contributed by atoms with van der Waals surface area (Å²) in [6.45, 7) is 1.86. The summed E-state index contributed by atoms with van der Waals surface area (Å²) in [6.07, 6.45) is 0. The highest BCUT2D eigenvalue weighted by Gasteiger charge is 2.13. The van der Waals surface area contributed by atoms with Gasteiger partial charge in [0.2, 0.25) is 5.91 Å². The maximum Gasteiger partial charge on any atom is 0.232 e. The molecule has 0 aromatic heterocycles. The van der Waals surface area contributed by atoms with E-state index in [1.54, 1.807) is 21.3 Å². The fraction of sp³-hybridized carbons (Fsp3) is 0.417. The Morgan fingerprint density at radius 1 is 1.29 bits per heavy atom. The minimum absolute atomic E-state index is 0.00443. The summed E-state index contributed by atoms with van der Waals surface area (Å²) >= 11 is 1.48. The van der Waals surface area contributed by atoms with E-state index in [0.29, 0.717) is 11.5 Å². The van der Waals surface area contributed by atoms with Gasteiger partial charge >= 0.3 is 0 Å². The van der Waals surface area contributed by atoms with Gasteiger partial charge in [-0.3, -0.25) is 4.79 Å². The molecule has 1 atom stereocenters. The molecule has 0 saturated carbocycles. The molecule has 1 rings (SSSR count). The van der Waals surface area contributed by atoms with Crippen LogP contribution in [0.2, 0.25) is 0 Å². The van der Waals surface area contributed by atoms with Crippen LogP contribution in [0.5, 0.6) is 11.5 Å². The molecule has 0 unspecified atom stereocenters. The first-order chi connectivity index (χ1) is 8.12. The molecule has 5 heteroatoms. The third-order valence-electron chi connectivity index (χ3n) is 2.28. The highest BCUT2D eigenvalue weighted by Crippen LogP contribution is 2.33. The molecule has 1 aromatic carbocycles. The van der Waals surface area contributed by atoms with Gasteiger partial charge in [0.25, 0.3) is 0 Å². The molecule has 0 fully saturated rings. The second-order valence-electron chi connectivity index (χ2n) is 3.39. The number of carbonyl (C=O) groups is 1. The third kappa shape index (κ3) is 3.56. The molecule has 4 nitrogen and oxygen atoms in total. The Balaban J connectivity index is 2.82. The lowest BCUT2D eigenvalue weighted by Crippen LogP contribution is -2.27. The topological polar surface area (TPSA) is 47.6 Å². The molecule has 0 aliphatic rings. The molecule has 0 saturated heterocycles. The van der Waals surface area contributed by atoms with E-state index in [1.165, 1.54) is 11.8 Å². The Labute approximate surface area is 106 Å². The van der Waals surface area contributed by atoms with Crippen molar-refractivity contribution in [3.05, 3.63) is 18.2 Å². The van der Waals surface area contributed by atoms with Crippen LogP contribution in [0, 0.1) is 0 Å². The highest BCUT2D eigenvalue weighted by atomic mass is 32.2. The predicted molar refractivity (Wildman–Crippen MR) is 68.9 cm³/mol. The largest absolute Gasteiger partial charge is 0.493 e. The van der Waals surface area contributed by atoms with Crippen LogP contribution in [-0.4, -0.2) is 32.4 Å². The molecule has 1 aromatic rings. The van der Waals surface area contributed by atoms with Gasteiger partial charge in [-0.2, -0.15) is 0 Å². The first-order valence-electron chi connectivity index (χ1n) is 5.22. The van der Waals surface area contributed by atoms with Crippen LogP contribution in [0.4, 0.5) is 0 Å². The van der Waals surface area contributed by atoms with Gasteiger partial charge in [-0.25, -0.2) is 0 Å². The van der Waals surface area contributed by atoms with Gasteiger partial charge in [0.1, 0.15) is 0 Å². The van der Waals surface area contributed by atoms with Crippen LogP contribution < -0.4 is 14.8 Å². The number of benzene rings is 1. The van der Waals surface area contributed by atoms with Gasteiger partial charge in [0.15, 0.2) is 11.5 Å². The highest BCUT2D eigenvalue weighted by molar-refractivity contribution is 8.00. The zero-order chi connectivity index (χ0) is 12.8. The summed E-state index contributed by atoms with van der Waals surface area (Å²) in [5.74, 6) is 1.36. The van der Waals surface area contributed by atoms with Gasteiger partial charge in [0, 0.05) is 11.9 Å². The quantitative estimate of drug-likeness (QED) is 0.817. The molecule has 94 valence electrons. The van der Waals surface area contributed by atoms with Gasteiger partial charge in [0.05, 0.1) is 19.5 Å². The van der Waals surface area contributed by atoms with Crippen LogP contribution in [0.1, 0.15) is 6.92 Å². The number of thioether (sulfide) groups is 1. The van der Waals surface area contributed by atoms with Crippen LogP contribution in [0.3, 0.4) is 0 Å². The number of hydrogen-bond acceptors (Lipinski definition) is 4. The van der Waals surface area contributed by atoms with Crippen molar-refractivity contribution in [2.45, 2.75) is 17.1 Å². The molecule has 0 radical (unpaired) electrons. The number of hydrogen-bond donors (Lipinski definition) is 1. The first kappa shape index (κ1) is 13.7. The molecule has 1 N–H and O–H groups in total. The van der Waals surface area contributed by atoms with E-state index in [4.69, 9.17) is 9.47 Å². The molecule has 1 amide bonds. The predicted octanol–water partition coefficient (Wildman–Crippen LogP) is 1.93. The fourth-order valence-electron chi connectivity index (χ4n) is 1.35. The number of amides is 1. The molecule has 0 bridgehead atoms. The summed E-state index contributed by atoms with van der Waals surface area (Å²) in [7, 11) is 4.82. The molecule has 0 aliphatic carbocycles. The van der Waals surface area contributed by atoms with Crippen molar-refractivity contribution in [1.29, 1.82) is 0 Å². The lowest BCUT2D eigenvalue weighted by atomic mass is 10.3. The Hall–Kier alpha value is -1.36. The monoisotopic (exact) mass is 255 g/mol. The maximum absolute atomic E-state index is 11.4. The Morgan fingerprint density at radius 2 is 1.94 bits per heavy atom. The molecule has 17 heavy (non-hydrogen) atoms.